The van der Waals surface area contributed by atoms with Crippen LogP contribution in [-0.2, 0) is 4.74 Å². The topological polar surface area (TPSA) is 42.0 Å². The number of benzene rings is 2. The third-order valence-electron chi connectivity index (χ3n) is 5.69. The summed E-state index contributed by atoms with van der Waals surface area (Å²) in [7, 11) is 0. The van der Waals surface area contributed by atoms with E-state index in [1.807, 2.05) is 47.4 Å². The molecule has 0 aromatic heterocycles. The standard InChI is InChI=1S/C25H30N2O3/c28-25(22-10-12-23(13-11-22)30-20-24-9-5-19-29-24)27-17-15-26(16-18-27)14-4-8-21-6-2-1-3-7-21/h1-4,6-8,10-13,24H,5,9,14-20H2/b8-4+/t24-/m1/s1. The van der Waals surface area contributed by atoms with Gasteiger partial charge in [0.2, 0.25) is 0 Å². The predicted molar refractivity (Wildman–Crippen MR) is 119 cm³/mol. The van der Waals surface area contributed by atoms with E-state index in [0.29, 0.717) is 6.61 Å². The van der Waals surface area contributed by atoms with Gasteiger partial charge in [-0.25, -0.2) is 0 Å². The molecule has 2 heterocycles. The molecule has 5 nitrogen and oxygen atoms in total. The average Bonchev–Trinajstić information content (AvgIpc) is 3.33. The van der Waals surface area contributed by atoms with Crippen molar-refractivity contribution in [3.8, 4) is 5.75 Å². The summed E-state index contributed by atoms with van der Waals surface area (Å²) in [6, 6.07) is 17.8. The van der Waals surface area contributed by atoms with Gasteiger partial charge in [-0.3, -0.25) is 9.69 Å². The molecule has 0 bridgehead atoms. The molecule has 1 atom stereocenters. The van der Waals surface area contributed by atoms with E-state index in [1.165, 1.54) is 5.56 Å². The van der Waals surface area contributed by atoms with Crippen molar-refractivity contribution in [3.05, 3.63) is 71.8 Å². The van der Waals surface area contributed by atoms with Crippen LogP contribution in [0.1, 0.15) is 28.8 Å². The van der Waals surface area contributed by atoms with Crippen LogP contribution in [0, 0.1) is 0 Å². The van der Waals surface area contributed by atoms with Crippen LogP contribution < -0.4 is 4.74 Å². The Morgan fingerprint density at radius 1 is 1.03 bits per heavy atom. The number of amides is 1. The van der Waals surface area contributed by atoms with Crippen molar-refractivity contribution in [2.45, 2.75) is 18.9 Å². The number of rotatable bonds is 7. The number of piperazine rings is 1. The highest BCUT2D eigenvalue weighted by atomic mass is 16.5. The van der Waals surface area contributed by atoms with Gasteiger partial charge in [0.15, 0.2) is 0 Å². The van der Waals surface area contributed by atoms with E-state index in [9.17, 15) is 4.79 Å². The number of carbonyl (C=O) groups is 1. The Kier molecular flexibility index (Phi) is 7.16. The minimum atomic E-state index is 0.0974. The molecule has 2 saturated heterocycles. The lowest BCUT2D eigenvalue weighted by Crippen LogP contribution is -2.48. The van der Waals surface area contributed by atoms with Gasteiger partial charge in [0, 0.05) is 44.9 Å². The fraction of sp³-hybridized carbons (Fsp3) is 0.400. The molecule has 0 saturated carbocycles. The van der Waals surface area contributed by atoms with Gasteiger partial charge >= 0.3 is 0 Å². The zero-order valence-electron chi connectivity index (χ0n) is 17.4. The first-order valence-corrected chi connectivity index (χ1v) is 10.9. The lowest BCUT2D eigenvalue weighted by Gasteiger charge is -2.34. The summed E-state index contributed by atoms with van der Waals surface area (Å²) in [5, 5.41) is 0. The van der Waals surface area contributed by atoms with Crippen LogP contribution in [0.3, 0.4) is 0 Å². The molecule has 30 heavy (non-hydrogen) atoms. The van der Waals surface area contributed by atoms with Gasteiger partial charge in [-0.15, -0.1) is 0 Å². The van der Waals surface area contributed by atoms with Crippen LogP contribution in [-0.4, -0.2) is 67.7 Å². The van der Waals surface area contributed by atoms with E-state index in [2.05, 4.69) is 29.2 Å². The third kappa shape index (κ3) is 5.71. The number of hydrogen-bond acceptors (Lipinski definition) is 4. The number of hydrogen-bond donors (Lipinski definition) is 0. The van der Waals surface area contributed by atoms with Crippen LogP contribution in [0.25, 0.3) is 6.08 Å². The summed E-state index contributed by atoms with van der Waals surface area (Å²) in [4.78, 5) is 17.1. The normalized spacial score (nSPS) is 20.0. The fourth-order valence-corrected chi connectivity index (χ4v) is 3.88. The summed E-state index contributed by atoms with van der Waals surface area (Å²) in [6.45, 7) is 5.63. The van der Waals surface area contributed by atoms with Crippen molar-refractivity contribution in [2.24, 2.45) is 0 Å². The quantitative estimate of drug-likeness (QED) is 0.703. The first-order valence-electron chi connectivity index (χ1n) is 10.9. The lowest BCUT2D eigenvalue weighted by molar-refractivity contribution is 0.0648. The van der Waals surface area contributed by atoms with Crippen LogP contribution in [0.15, 0.2) is 60.7 Å². The predicted octanol–water partition coefficient (Wildman–Crippen LogP) is 3.72. The van der Waals surface area contributed by atoms with E-state index in [0.717, 1.165) is 63.5 Å². The smallest absolute Gasteiger partial charge is 0.253 e. The molecule has 2 aliphatic rings. The van der Waals surface area contributed by atoms with Crippen LogP contribution in [0.5, 0.6) is 5.75 Å². The highest BCUT2D eigenvalue weighted by Crippen LogP contribution is 2.18. The molecular formula is C25H30N2O3. The monoisotopic (exact) mass is 406 g/mol. The second-order valence-electron chi connectivity index (χ2n) is 7.88. The first kappa shape index (κ1) is 20.6. The average molecular weight is 407 g/mol. The van der Waals surface area contributed by atoms with E-state index in [4.69, 9.17) is 9.47 Å². The maximum absolute atomic E-state index is 12.8. The van der Waals surface area contributed by atoms with Crippen LogP contribution in [0.4, 0.5) is 0 Å². The lowest BCUT2D eigenvalue weighted by atomic mass is 10.1. The van der Waals surface area contributed by atoms with Crippen molar-refractivity contribution >= 4 is 12.0 Å². The summed E-state index contributed by atoms with van der Waals surface area (Å²) in [5.74, 6) is 0.886. The molecule has 4 rings (SSSR count). The van der Waals surface area contributed by atoms with Crippen LogP contribution >= 0.6 is 0 Å². The zero-order chi connectivity index (χ0) is 20.6. The number of ether oxygens (including phenoxy) is 2. The van der Waals surface area contributed by atoms with Gasteiger partial charge in [0.1, 0.15) is 12.4 Å². The van der Waals surface area contributed by atoms with E-state index < -0.39 is 0 Å². The Morgan fingerprint density at radius 3 is 2.50 bits per heavy atom. The Morgan fingerprint density at radius 2 is 1.80 bits per heavy atom. The maximum Gasteiger partial charge on any atom is 0.253 e. The maximum atomic E-state index is 12.8. The molecule has 158 valence electrons. The number of carbonyl (C=O) groups excluding carboxylic acids is 1. The Labute approximate surface area is 178 Å². The molecule has 0 unspecified atom stereocenters. The Balaban J connectivity index is 1.21. The summed E-state index contributed by atoms with van der Waals surface area (Å²) in [5.41, 5.74) is 1.94. The first-order chi connectivity index (χ1) is 14.8. The van der Waals surface area contributed by atoms with Crippen molar-refractivity contribution in [2.75, 3.05) is 45.9 Å². The Hall–Kier alpha value is -2.63. The highest BCUT2D eigenvalue weighted by molar-refractivity contribution is 5.94. The zero-order valence-corrected chi connectivity index (χ0v) is 17.4. The highest BCUT2D eigenvalue weighted by Gasteiger charge is 2.21. The van der Waals surface area contributed by atoms with Crippen molar-refractivity contribution in [1.82, 2.24) is 9.80 Å². The summed E-state index contributed by atoms with van der Waals surface area (Å²) in [6.07, 6.45) is 6.72. The second-order valence-corrected chi connectivity index (χ2v) is 7.88. The van der Waals surface area contributed by atoms with Crippen molar-refractivity contribution in [1.29, 1.82) is 0 Å². The van der Waals surface area contributed by atoms with E-state index in [-0.39, 0.29) is 12.0 Å². The largest absolute Gasteiger partial charge is 0.491 e. The second kappa shape index (κ2) is 10.4. The van der Waals surface area contributed by atoms with Gasteiger partial charge in [-0.2, -0.15) is 0 Å². The Bertz CT molecular complexity index is 821. The van der Waals surface area contributed by atoms with E-state index >= 15 is 0 Å². The molecule has 0 spiro atoms. The fourth-order valence-electron chi connectivity index (χ4n) is 3.88. The van der Waals surface area contributed by atoms with Crippen molar-refractivity contribution < 1.29 is 14.3 Å². The van der Waals surface area contributed by atoms with Gasteiger partial charge < -0.3 is 14.4 Å². The molecule has 0 aliphatic carbocycles. The number of nitrogens with zero attached hydrogens (tertiary/aromatic N) is 2. The minimum absolute atomic E-state index is 0.0974. The molecule has 2 aromatic carbocycles. The van der Waals surface area contributed by atoms with Gasteiger partial charge in [0.05, 0.1) is 6.10 Å². The molecular weight excluding hydrogens is 376 g/mol. The molecule has 2 aliphatic heterocycles. The van der Waals surface area contributed by atoms with Gasteiger partial charge in [0.25, 0.3) is 5.91 Å². The molecule has 2 fully saturated rings. The molecule has 0 radical (unpaired) electrons. The molecule has 1 amide bonds. The molecule has 2 aromatic rings. The summed E-state index contributed by atoms with van der Waals surface area (Å²) < 4.78 is 11.4. The molecule has 0 N–H and O–H groups in total. The minimum Gasteiger partial charge on any atom is -0.491 e. The van der Waals surface area contributed by atoms with Crippen LogP contribution in [0.2, 0.25) is 0 Å². The van der Waals surface area contributed by atoms with Crippen molar-refractivity contribution in [3.63, 3.8) is 0 Å². The SMILES string of the molecule is O=C(c1ccc(OC[C@H]2CCCO2)cc1)N1CCN(C/C=C/c2ccccc2)CC1. The van der Waals surface area contributed by atoms with E-state index in [1.54, 1.807) is 0 Å². The summed E-state index contributed by atoms with van der Waals surface area (Å²) >= 11 is 0. The van der Waals surface area contributed by atoms with Gasteiger partial charge in [-0.05, 0) is 42.7 Å². The third-order valence-corrected chi connectivity index (χ3v) is 5.69. The molecule has 5 heteroatoms. The van der Waals surface area contributed by atoms with Gasteiger partial charge in [-0.1, -0.05) is 42.5 Å².